The lowest BCUT2D eigenvalue weighted by molar-refractivity contribution is -0.120. The van der Waals surface area contributed by atoms with E-state index in [0.29, 0.717) is 11.4 Å². The van der Waals surface area contributed by atoms with Crippen LogP contribution in [0.5, 0.6) is 11.5 Å². The maximum Gasteiger partial charge on any atom is 0.227 e. The number of rotatable bonds is 4. The van der Waals surface area contributed by atoms with Crippen molar-refractivity contribution in [2.24, 2.45) is 5.92 Å². The zero-order chi connectivity index (χ0) is 14.5. The summed E-state index contributed by atoms with van der Waals surface area (Å²) in [4.78, 5) is 12.3. The summed E-state index contributed by atoms with van der Waals surface area (Å²) in [6.07, 6.45) is 1.74. The van der Waals surface area contributed by atoms with Crippen molar-refractivity contribution in [3.05, 3.63) is 17.7 Å². The minimum atomic E-state index is 0.0516. The van der Waals surface area contributed by atoms with Crippen LogP contribution in [-0.4, -0.2) is 33.2 Å². The van der Waals surface area contributed by atoms with Crippen LogP contribution in [0.3, 0.4) is 0 Å². The van der Waals surface area contributed by atoms with Crippen molar-refractivity contribution >= 4 is 11.6 Å². The van der Waals surface area contributed by atoms with Crippen molar-refractivity contribution in [1.29, 1.82) is 0 Å². The molecule has 1 aromatic carbocycles. The van der Waals surface area contributed by atoms with E-state index in [0.717, 1.165) is 37.2 Å². The number of carbonyl (C=O) groups excluding carboxylic acids is 1. The molecule has 1 fully saturated rings. The van der Waals surface area contributed by atoms with Crippen molar-refractivity contribution in [2.45, 2.75) is 19.8 Å². The number of anilines is 1. The molecule has 0 atom stereocenters. The standard InChI is InChI=1S/C15H22N2O3/c1-10-8-14(20-3)12(9-13(10)19-2)17-15(18)11-4-6-16-7-5-11/h8-9,11,16H,4-7H2,1-3H3,(H,17,18). The molecule has 20 heavy (non-hydrogen) atoms. The summed E-state index contributed by atoms with van der Waals surface area (Å²) in [5.74, 6) is 1.51. The normalized spacial score (nSPS) is 15.8. The predicted octanol–water partition coefficient (Wildman–Crippen LogP) is 1.95. The number of amides is 1. The Kier molecular flexibility index (Phi) is 4.84. The fraction of sp³-hybridized carbons (Fsp3) is 0.533. The summed E-state index contributed by atoms with van der Waals surface area (Å²) in [6, 6.07) is 3.68. The second kappa shape index (κ2) is 6.61. The highest BCUT2D eigenvalue weighted by Crippen LogP contribution is 2.33. The van der Waals surface area contributed by atoms with Gasteiger partial charge in [0.1, 0.15) is 11.5 Å². The second-order valence-electron chi connectivity index (χ2n) is 5.04. The third-order valence-corrected chi connectivity index (χ3v) is 3.68. The monoisotopic (exact) mass is 278 g/mol. The van der Waals surface area contributed by atoms with Gasteiger partial charge in [0, 0.05) is 12.0 Å². The SMILES string of the molecule is COc1cc(NC(=O)C2CCNCC2)c(OC)cc1C. The lowest BCUT2D eigenvalue weighted by Gasteiger charge is -2.22. The summed E-state index contributed by atoms with van der Waals surface area (Å²) in [5, 5.41) is 6.22. The number of benzene rings is 1. The van der Waals surface area contributed by atoms with Crippen LogP contribution in [0.25, 0.3) is 0 Å². The fourth-order valence-electron chi connectivity index (χ4n) is 2.47. The Labute approximate surface area is 119 Å². The molecular weight excluding hydrogens is 256 g/mol. The molecule has 1 amide bonds. The number of aryl methyl sites for hydroxylation is 1. The Balaban J connectivity index is 2.16. The summed E-state index contributed by atoms with van der Waals surface area (Å²) in [5.41, 5.74) is 1.64. The van der Waals surface area contributed by atoms with Crippen LogP contribution >= 0.6 is 0 Å². The maximum atomic E-state index is 12.3. The quantitative estimate of drug-likeness (QED) is 0.884. The third kappa shape index (κ3) is 3.22. The van der Waals surface area contributed by atoms with E-state index in [1.54, 1.807) is 14.2 Å². The Morgan fingerprint density at radius 2 is 1.85 bits per heavy atom. The molecule has 0 bridgehead atoms. The van der Waals surface area contributed by atoms with Crippen molar-refractivity contribution in [3.8, 4) is 11.5 Å². The maximum absolute atomic E-state index is 12.3. The second-order valence-corrected chi connectivity index (χ2v) is 5.04. The van der Waals surface area contributed by atoms with Gasteiger partial charge < -0.3 is 20.1 Å². The van der Waals surface area contributed by atoms with Crippen LogP contribution in [0.15, 0.2) is 12.1 Å². The van der Waals surface area contributed by atoms with E-state index >= 15 is 0 Å². The highest BCUT2D eigenvalue weighted by atomic mass is 16.5. The van der Waals surface area contributed by atoms with Gasteiger partial charge in [-0.3, -0.25) is 4.79 Å². The first-order chi connectivity index (χ1) is 9.65. The molecule has 0 saturated carbocycles. The van der Waals surface area contributed by atoms with E-state index < -0.39 is 0 Å². The van der Waals surface area contributed by atoms with Crippen LogP contribution in [0, 0.1) is 12.8 Å². The molecule has 0 radical (unpaired) electrons. The van der Waals surface area contributed by atoms with Gasteiger partial charge in [-0.05, 0) is 44.5 Å². The number of nitrogens with one attached hydrogen (secondary N) is 2. The molecule has 1 saturated heterocycles. The van der Waals surface area contributed by atoms with Gasteiger partial charge >= 0.3 is 0 Å². The van der Waals surface area contributed by atoms with Gasteiger partial charge in [0.2, 0.25) is 5.91 Å². The van der Waals surface area contributed by atoms with Gasteiger partial charge in [0.15, 0.2) is 0 Å². The van der Waals surface area contributed by atoms with E-state index in [1.807, 2.05) is 19.1 Å². The van der Waals surface area contributed by atoms with Gasteiger partial charge in [0.05, 0.1) is 19.9 Å². The third-order valence-electron chi connectivity index (χ3n) is 3.68. The molecule has 0 unspecified atom stereocenters. The number of piperidine rings is 1. The Hall–Kier alpha value is -1.75. The summed E-state index contributed by atoms with van der Waals surface area (Å²) in [7, 11) is 3.22. The number of carbonyl (C=O) groups is 1. The van der Waals surface area contributed by atoms with E-state index in [9.17, 15) is 4.79 Å². The van der Waals surface area contributed by atoms with Crippen LogP contribution in [0.2, 0.25) is 0 Å². The minimum absolute atomic E-state index is 0.0516. The molecule has 1 aliphatic rings. The Morgan fingerprint density at radius 1 is 1.20 bits per heavy atom. The van der Waals surface area contributed by atoms with E-state index in [1.165, 1.54) is 0 Å². The summed E-state index contributed by atoms with van der Waals surface area (Å²) < 4.78 is 10.6. The van der Waals surface area contributed by atoms with Crippen LogP contribution in [0.1, 0.15) is 18.4 Å². The average molecular weight is 278 g/mol. The molecule has 0 spiro atoms. The summed E-state index contributed by atoms with van der Waals surface area (Å²) >= 11 is 0. The first-order valence-corrected chi connectivity index (χ1v) is 6.90. The van der Waals surface area contributed by atoms with Gasteiger partial charge in [0.25, 0.3) is 0 Å². The lowest BCUT2D eigenvalue weighted by Crippen LogP contribution is -2.34. The first kappa shape index (κ1) is 14.7. The van der Waals surface area contributed by atoms with E-state index in [2.05, 4.69) is 10.6 Å². The van der Waals surface area contributed by atoms with E-state index in [4.69, 9.17) is 9.47 Å². The van der Waals surface area contributed by atoms with E-state index in [-0.39, 0.29) is 11.8 Å². The topological polar surface area (TPSA) is 59.6 Å². The minimum Gasteiger partial charge on any atom is -0.496 e. The van der Waals surface area contributed by atoms with Crippen LogP contribution in [0.4, 0.5) is 5.69 Å². The smallest absolute Gasteiger partial charge is 0.227 e. The number of hydrogen-bond acceptors (Lipinski definition) is 4. The predicted molar refractivity (Wildman–Crippen MR) is 78.5 cm³/mol. The zero-order valence-corrected chi connectivity index (χ0v) is 12.3. The fourth-order valence-corrected chi connectivity index (χ4v) is 2.47. The number of hydrogen-bond donors (Lipinski definition) is 2. The first-order valence-electron chi connectivity index (χ1n) is 6.90. The molecule has 2 N–H and O–H groups in total. The Morgan fingerprint density at radius 3 is 2.45 bits per heavy atom. The molecule has 5 heteroatoms. The lowest BCUT2D eigenvalue weighted by atomic mass is 9.97. The zero-order valence-electron chi connectivity index (χ0n) is 12.3. The average Bonchev–Trinajstić information content (AvgIpc) is 2.49. The van der Waals surface area contributed by atoms with Crippen LogP contribution in [-0.2, 0) is 4.79 Å². The van der Waals surface area contributed by atoms with Crippen molar-refractivity contribution in [1.82, 2.24) is 5.32 Å². The molecule has 0 aliphatic carbocycles. The molecular formula is C15H22N2O3. The van der Waals surface area contributed by atoms with Gasteiger partial charge in [-0.15, -0.1) is 0 Å². The molecule has 2 rings (SSSR count). The molecule has 1 aromatic rings. The van der Waals surface area contributed by atoms with Crippen LogP contribution < -0.4 is 20.1 Å². The Bertz CT molecular complexity index is 482. The number of ether oxygens (including phenoxy) is 2. The molecule has 110 valence electrons. The number of methoxy groups -OCH3 is 2. The largest absolute Gasteiger partial charge is 0.496 e. The van der Waals surface area contributed by atoms with Gasteiger partial charge in [-0.1, -0.05) is 0 Å². The van der Waals surface area contributed by atoms with Crippen molar-refractivity contribution < 1.29 is 14.3 Å². The molecule has 0 aromatic heterocycles. The molecule has 5 nitrogen and oxygen atoms in total. The van der Waals surface area contributed by atoms with Gasteiger partial charge in [-0.2, -0.15) is 0 Å². The van der Waals surface area contributed by atoms with Gasteiger partial charge in [-0.25, -0.2) is 0 Å². The molecule has 1 aliphatic heterocycles. The highest BCUT2D eigenvalue weighted by molar-refractivity contribution is 5.94. The summed E-state index contributed by atoms with van der Waals surface area (Å²) in [6.45, 7) is 3.73. The highest BCUT2D eigenvalue weighted by Gasteiger charge is 2.22. The van der Waals surface area contributed by atoms with Crippen molar-refractivity contribution in [3.63, 3.8) is 0 Å². The van der Waals surface area contributed by atoms with Crippen molar-refractivity contribution in [2.75, 3.05) is 32.6 Å². The molecule has 1 heterocycles.